The summed E-state index contributed by atoms with van der Waals surface area (Å²) >= 11 is 0. The second-order valence-corrected chi connectivity index (χ2v) is 6.87. The fraction of sp³-hybridized carbons (Fsp3) is 0.429. The fourth-order valence-electron chi connectivity index (χ4n) is 2.55. The van der Waals surface area contributed by atoms with E-state index in [2.05, 4.69) is 0 Å². The zero-order chi connectivity index (χ0) is 19.0. The second-order valence-electron chi connectivity index (χ2n) is 6.87. The Balaban J connectivity index is 1.75. The van der Waals surface area contributed by atoms with Crippen LogP contribution < -0.4 is 0 Å². The first-order valence-corrected chi connectivity index (χ1v) is 8.81. The molecule has 140 valence electrons. The molecule has 1 aliphatic carbocycles. The first-order chi connectivity index (χ1) is 12.4. The SMILES string of the molecule is CC(COC(=O)c1ccccc1)OC(C)(C)COC(=O)C1=CCCC=C1. The minimum absolute atomic E-state index is 0.119. The second kappa shape index (κ2) is 9.34. The van der Waals surface area contributed by atoms with Gasteiger partial charge in [0.25, 0.3) is 0 Å². The quantitative estimate of drug-likeness (QED) is 0.661. The molecule has 2 rings (SSSR count). The van der Waals surface area contributed by atoms with Crippen LogP contribution in [0.25, 0.3) is 0 Å². The van der Waals surface area contributed by atoms with Gasteiger partial charge in [0.15, 0.2) is 0 Å². The van der Waals surface area contributed by atoms with Crippen LogP contribution >= 0.6 is 0 Å². The van der Waals surface area contributed by atoms with Gasteiger partial charge in [-0.2, -0.15) is 0 Å². The molecule has 5 heteroatoms. The Hall–Kier alpha value is -2.40. The zero-order valence-electron chi connectivity index (χ0n) is 15.6. The normalized spacial score (nSPS) is 15.1. The summed E-state index contributed by atoms with van der Waals surface area (Å²) < 4.78 is 16.5. The van der Waals surface area contributed by atoms with E-state index < -0.39 is 5.60 Å². The number of allylic oxidation sites excluding steroid dienone is 2. The van der Waals surface area contributed by atoms with E-state index in [0.29, 0.717) is 11.1 Å². The van der Waals surface area contributed by atoms with Gasteiger partial charge in [-0.3, -0.25) is 0 Å². The zero-order valence-corrected chi connectivity index (χ0v) is 15.6. The van der Waals surface area contributed by atoms with Crippen molar-refractivity contribution in [1.82, 2.24) is 0 Å². The van der Waals surface area contributed by atoms with Crippen LogP contribution in [-0.2, 0) is 19.0 Å². The molecule has 0 N–H and O–H groups in total. The van der Waals surface area contributed by atoms with Crippen molar-refractivity contribution in [1.29, 1.82) is 0 Å². The van der Waals surface area contributed by atoms with Crippen molar-refractivity contribution >= 4 is 11.9 Å². The average Bonchev–Trinajstić information content (AvgIpc) is 2.65. The van der Waals surface area contributed by atoms with Crippen LogP contribution in [0.15, 0.2) is 54.1 Å². The molecule has 0 aromatic heterocycles. The van der Waals surface area contributed by atoms with Crippen molar-refractivity contribution in [2.75, 3.05) is 13.2 Å². The van der Waals surface area contributed by atoms with Crippen LogP contribution in [-0.4, -0.2) is 36.9 Å². The van der Waals surface area contributed by atoms with E-state index in [1.165, 1.54) is 0 Å². The van der Waals surface area contributed by atoms with Gasteiger partial charge in [-0.25, -0.2) is 9.59 Å². The Bertz CT molecular complexity index is 673. The van der Waals surface area contributed by atoms with Crippen molar-refractivity contribution in [3.63, 3.8) is 0 Å². The van der Waals surface area contributed by atoms with Gasteiger partial charge in [-0.1, -0.05) is 36.4 Å². The topological polar surface area (TPSA) is 61.8 Å². The molecule has 0 bridgehead atoms. The van der Waals surface area contributed by atoms with E-state index in [4.69, 9.17) is 14.2 Å². The highest BCUT2D eigenvalue weighted by Crippen LogP contribution is 2.16. The molecular weight excluding hydrogens is 332 g/mol. The number of hydrogen-bond acceptors (Lipinski definition) is 5. The molecule has 5 nitrogen and oxygen atoms in total. The first-order valence-electron chi connectivity index (χ1n) is 8.81. The highest BCUT2D eigenvalue weighted by atomic mass is 16.6. The summed E-state index contributed by atoms with van der Waals surface area (Å²) in [6.07, 6.45) is 7.09. The van der Waals surface area contributed by atoms with Crippen LogP contribution in [0.5, 0.6) is 0 Å². The van der Waals surface area contributed by atoms with Crippen LogP contribution in [0.4, 0.5) is 0 Å². The number of carbonyl (C=O) groups excluding carboxylic acids is 2. The number of carbonyl (C=O) groups is 2. The molecule has 1 atom stereocenters. The smallest absolute Gasteiger partial charge is 0.338 e. The average molecular weight is 358 g/mol. The van der Waals surface area contributed by atoms with Gasteiger partial charge < -0.3 is 14.2 Å². The molecule has 0 spiro atoms. The van der Waals surface area contributed by atoms with Gasteiger partial charge >= 0.3 is 11.9 Å². The minimum atomic E-state index is -0.687. The summed E-state index contributed by atoms with van der Waals surface area (Å²) in [5.41, 5.74) is 0.395. The standard InChI is InChI=1S/C21H26O5/c1-16(14-24-19(22)17-10-6-4-7-11-17)26-21(2,3)15-25-20(23)18-12-8-5-9-13-18/h4,6-8,10-13,16H,5,9,14-15H2,1-3H3. The predicted molar refractivity (Wildman–Crippen MR) is 98.8 cm³/mol. The van der Waals surface area contributed by atoms with Gasteiger partial charge in [0.05, 0.1) is 22.8 Å². The molecular formula is C21H26O5. The molecule has 0 saturated heterocycles. The Labute approximate surface area is 154 Å². The third kappa shape index (κ3) is 6.48. The Morgan fingerprint density at radius 2 is 1.81 bits per heavy atom. The molecule has 0 heterocycles. The molecule has 1 unspecified atom stereocenters. The van der Waals surface area contributed by atoms with E-state index >= 15 is 0 Å². The maximum atomic E-state index is 12.0. The third-order valence-corrected chi connectivity index (χ3v) is 3.76. The van der Waals surface area contributed by atoms with E-state index in [1.54, 1.807) is 30.3 Å². The minimum Gasteiger partial charge on any atom is -0.459 e. The number of hydrogen-bond donors (Lipinski definition) is 0. The lowest BCUT2D eigenvalue weighted by molar-refractivity contribution is -0.154. The van der Waals surface area contributed by atoms with Gasteiger partial charge in [0.2, 0.25) is 0 Å². The van der Waals surface area contributed by atoms with Crippen molar-refractivity contribution in [3.05, 3.63) is 59.7 Å². The van der Waals surface area contributed by atoms with Crippen LogP contribution in [0, 0.1) is 0 Å². The Morgan fingerprint density at radius 1 is 1.08 bits per heavy atom. The van der Waals surface area contributed by atoms with E-state index in [9.17, 15) is 9.59 Å². The number of benzene rings is 1. The van der Waals surface area contributed by atoms with E-state index in [-0.39, 0.29) is 31.3 Å². The summed E-state index contributed by atoms with van der Waals surface area (Å²) in [7, 11) is 0. The summed E-state index contributed by atoms with van der Waals surface area (Å²) in [6.45, 7) is 5.73. The molecule has 0 radical (unpaired) electrons. The van der Waals surface area contributed by atoms with Crippen LogP contribution in [0.3, 0.4) is 0 Å². The maximum Gasteiger partial charge on any atom is 0.338 e. The number of ether oxygens (including phenoxy) is 3. The number of esters is 2. The lowest BCUT2D eigenvalue weighted by Gasteiger charge is -2.28. The predicted octanol–water partition coefficient (Wildman–Crippen LogP) is 3.85. The lowest BCUT2D eigenvalue weighted by atomic mass is 10.1. The van der Waals surface area contributed by atoms with Crippen molar-refractivity contribution in [2.45, 2.75) is 45.3 Å². The first kappa shape index (κ1) is 19.9. The Kier molecular flexibility index (Phi) is 7.16. The molecule has 1 aliphatic rings. The van der Waals surface area contributed by atoms with Gasteiger partial charge in [0.1, 0.15) is 13.2 Å². The summed E-state index contributed by atoms with van der Waals surface area (Å²) in [5, 5.41) is 0. The molecule has 1 aromatic rings. The molecule has 0 fully saturated rings. The number of rotatable bonds is 8. The molecule has 0 aliphatic heterocycles. The lowest BCUT2D eigenvalue weighted by Crippen LogP contribution is -2.37. The summed E-state index contributed by atoms with van der Waals surface area (Å²) in [5.74, 6) is -0.734. The van der Waals surface area contributed by atoms with Crippen molar-refractivity contribution in [2.24, 2.45) is 0 Å². The van der Waals surface area contributed by atoms with E-state index in [1.807, 2.05) is 39.0 Å². The van der Waals surface area contributed by atoms with Gasteiger partial charge in [0, 0.05) is 0 Å². The molecule has 26 heavy (non-hydrogen) atoms. The summed E-state index contributed by atoms with van der Waals surface area (Å²) in [6, 6.07) is 8.80. The maximum absolute atomic E-state index is 12.0. The van der Waals surface area contributed by atoms with Crippen LogP contribution in [0.1, 0.15) is 44.0 Å². The van der Waals surface area contributed by atoms with Gasteiger partial charge in [-0.05, 0) is 45.7 Å². The molecule has 0 saturated carbocycles. The molecule has 0 amide bonds. The third-order valence-electron chi connectivity index (χ3n) is 3.76. The van der Waals surface area contributed by atoms with Gasteiger partial charge in [-0.15, -0.1) is 0 Å². The fourth-order valence-corrected chi connectivity index (χ4v) is 2.55. The highest BCUT2D eigenvalue weighted by molar-refractivity contribution is 5.91. The van der Waals surface area contributed by atoms with Crippen molar-refractivity contribution in [3.8, 4) is 0 Å². The summed E-state index contributed by atoms with van der Waals surface area (Å²) in [4.78, 5) is 24.0. The largest absolute Gasteiger partial charge is 0.459 e. The Morgan fingerprint density at radius 3 is 2.46 bits per heavy atom. The molecule has 1 aromatic carbocycles. The monoisotopic (exact) mass is 358 g/mol. The van der Waals surface area contributed by atoms with Crippen LogP contribution in [0.2, 0.25) is 0 Å². The van der Waals surface area contributed by atoms with E-state index in [0.717, 1.165) is 12.8 Å². The highest BCUT2D eigenvalue weighted by Gasteiger charge is 2.25. The van der Waals surface area contributed by atoms with Crippen molar-refractivity contribution < 1.29 is 23.8 Å².